The summed E-state index contributed by atoms with van der Waals surface area (Å²) in [4.78, 5) is 13.9. The molecule has 0 fully saturated rings. The Morgan fingerprint density at radius 3 is 2.82 bits per heavy atom. The minimum Gasteiger partial charge on any atom is -0.324 e. The third-order valence-electron chi connectivity index (χ3n) is 3.07. The van der Waals surface area contributed by atoms with Gasteiger partial charge < -0.3 is 9.88 Å². The first-order chi connectivity index (χ1) is 10.5. The van der Waals surface area contributed by atoms with Crippen LogP contribution in [0.1, 0.15) is 6.92 Å². The summed E-state index contributed by atoms with van der Waals surface area (Å²) >= 11 is 11.3. The Kier molecular flexibility index (Phi) is 5.70. The maximum absolute atomic E-state index is 12.0. The quantitative estimate of drug-likeness (QED) is 0.822. The van der Waals surface area contributed by atoms with Crippen molar-refractivity contribution in [1.29, 1.82) is 0 Å². The Hall–Kier alpha value is -1.70. The second-order valence-electron chi connectivity index (χ2n) is 4.88. The van der Waals surface area contributed by atoms with Crippen LogP contribution >= 0.6 is 23.8 Å². The van der Waals surface area contributed by atoms with Crippen LogP contribution in [-0.4, -0.2) is 38.7 Å². The molecular formula is C14H18ClN5OS. The molecule has 0 aliphatic rings. The molecule has 0 bridgehead atoms. The molecule has 0 saturated heterocycles. The van der Waals surface area contributed by atoms with Gasteiger partial charge in [0, 0.05) is 6.54 Å². The molecule has 0 spiro atoms. The number of nitrogens with one attached hydrogen (secondary N) is 1. The summed E-state index contributed by atoms with van der Waals surface area (Å²) in [6.45, 7) is 3.44. The highest BCUT2D eigenvalue weighted by Crippen LogP contribution is 2.20. The topological polar surface area (TPSA) is 55.1 Å². The van der Waals surface area contributed by atoms with Crippen LogP contribution in [0.4, 0.5) is 5.69 Å². The normalized spacial score (nSPS) is 10.9. The number of amides is 1. The number of aryl methyl sites for hydroxylation is 1. The van der Waals surface area contributed by atoms with Gasteiger partial charge in [0.2, 0.25) is 5.91 Å². The zero-order valence-corrected chi connectivity index (χ0v) is 14.1. The maximum Gasteiger partial charge on any atom is 0.238 e. The molecule has 118 valence electrons. The Morgan fingerprint density at radius 2 is 2.18 bits per heavy atom. The van der Waals surface area contributed by atoms with E-state index in [1.807, 2.05) is 35.6 Å². The van der Waals surface area contributed by atoms with E-state index in [1.165, 1.54) is 0 Å². The first-order valence-corrected chi connectivity index (χ1v) is 7.65. The summed E-state index contributed by atoms with van der Waals surface area (Å²) in [5.74, 6) is -0.142. The average Bonchev–Trinajstić information content (AvgIpc) is 2.82. The lowest BCUT2D eigenvalue weighted by atomic mass is 10.3. The highest BCUT2D eigenvalue weighted by Gasteiger charge is 2.10. The van der Waals surface area contributed by atoms with E-state index in [9.17, 15) is 4.79 Å². The zero-order chi connectivity index (χ0) is 16.1. The summed E-state index contributed by atoms with van der Waals surface area (Å²) < 4.78 is 4.19. The summed E-state index contributed by atoms with van der Waals surface area (Å²) in [5.41, 5.74) is 0.606. The number of carbonyl (C=O) groups is 1. The number of anilines is 1. The summed E-state index contributed by atoms with van der Waals surface area (Å²) in [6, 6.07) is 7.13. The largest absolute Gasteiger partial charge is 0.324 e. The van der Waals surface area contributed by atoms with Crippen molar-refractivity contribution in [1.82, 2.24) is 19.2 Å². The van der Waals surface area contributed by atoms with Crippen molar-refractivity contribution in [2.45, 2.75) is 20.1 Å². The molecule has 2 aromatic rings. The van der Waals surface area contributed by atoms with E-state index in [2.05, 4.69) is 10.4 Å². The van der Waals surface area contributed by atoms with Gasteiger partial charge in [-0.2, -0.15) is 5.10 Å². The summed E-state index contributed by atoms with van der Waals surface area (Å²) in [7, 11) is 1.83. The van der Waals surface area contributed by atoms with Crippen molar-refractivity contribution in [3.05, 3.63) is 40.4 Å². The number of halogens is 1. The highest BCUT2D eigenvalue weighted by atomic mass is 35.5. The van der Waals surface area contributed by atoms with Crippen molar-refractivity contribution in [3.63, 3.8) is 0 Å². The number of hydrogen-bond donors (Lipinski definition) is 1. The Bertz CT molecular complexity index is 711. The molecule has 1 aromatic carbocycles. The molecule has 1 aromatic heterocycles. The Balaban J connectivity index is 1.92. The lowest BCUT2D eigenvalue weighted by Gasteiger charge is -2.16. The number of benzene rings is 1. The van der Waals surface area contributed by atoms with Gasteiger partial charge in [-0.3, -0.25) is 9.69 Å². The molecule has 0 aliphatic heterocycles. The molecular weight excluding hydrogens is 322 g/mol. The molecule has 6 nitrogen and oxygen atoms in total. The second-order valence-corrected chi connectivity index (χ2v) is 5.66. The summed E-state index contributed by atoms with van der Waals surface area (Å²) in [6.07, 6.45) is 1.69. The van der Waals surface area contributed by atoms with Gasteiger partial charge in [-0.25, -0.2) is 4.68 Å². The fourth-order valence-electron chi connectivity index (χ4n) is 1.96. The van der Waals surface area contributed by atoms with Gasteiger partial charge in [0.25, 0.3) is 0 Å². The van der Waals surface area contributed by atoms with E-state index in [4.69, 9.17) is 23.8 Å². The van der Waals surface area contributed by atoms with Crippen LogP contribution in [0.5, 0.6) is 0 Å². The standard InChI is InChI=1S/C14H18ClN5OS/c1-3-19-9-16-20(14(19)22)10-18(2)8-13(21)17-12-7-5-4-6-11(12)15/h4-7,9H,3,8,10H2,1-2H3,(H,17,21). The molecule has 2 rings (SSSR count). The Labute approximate surface area is 139 Å². The highest BCUT2D eigenvalue weighted by molar-refractivity contribution is 7.71. The van der Waals surface area contributed by atoms with E-state index in [-0.39, 0.29) is 12.5 Å². The van der Waals surface area contributed by atoms with E-state index in [0.717, 1.165) is 6.54 Å². The van der Waals surface area contributed by atoms with Gasteiger partial charge in [-0.15, -0.1) is 0 Å². The molecule has 0 radical (unpaired) electrons. The van der Waals surface area contributed by atoms with Crippen LogP contribution < -0.4 is 5.32 Å². The fraction of sp³-hybridized carbons (Fsp3) is 0.357. The van der Waals surface area contributed by atoms with E-state index >= 15 is 0 Å². The smallest absolute Gasteiger partial charge is 0.238 e. The predicted molar refractivity (Wildman–Crippen MR) is 89.4 cm³/mol. The van der Waals surface area contributed by atoms with Gasteiger partial charge >= 0.3 is 0 Å². The van der Waals surface area contributed by atoms with Crippen molar-refractivity contribution >= 4 is 35.4 Å². The zero-order valence-electron chi connectivity index (χ0n) is 12.5. The van der Waals surface area contributed by atoms with E-state index < -0.39 is 0 Å². The molecule has 1 N–H and O–H groups in total. The minimum atomic E-state index is -0.142. The molecule has 1 amide bonds. The Morgan fingerprint density at radius 1 is 1.45 bits per heavy atom. The van der Waals surface area contributed by atoms with Crippen LogP contribution in [0.2, 0.25) is 5.02 Å². The van der Waals surface area contributed by atoms with Crippen molar-refractivity contribution in [3.8, 4) is 0 Å². The number of carbonyl (C=O) groups excluding carboxylic acids is 1. The number of aromatic nitrogens is 3. The van der Waals surface area contributed by atoms with Crippen LogP contribution in [-0.2, 0) is 18.0 Å². The molecule has 0 atom stereocenters. The van der Waals surface area contributed by atoms with Crippen molar-refractivity contribution in [2.24, 2.45) is 0 Å². The van der Waals surface area contributed by atoms with Gasteiger partial charge in [0.05, 0.1) is 23.9 Å². The lowest BCUT2D eigenvalue weighted by molar-refractivity contribution is -0.117. The predicted octanol–water partition coefficient (Wildman–Crippen LogP) is 2.62. The van der Waals surface area contributed by atoms with Crippen LogP contribution in [0.25, 0.3) is 0 Å². The third-order valence-corrected chi connectivity index (χ3v) is 3.85. The molecule has 0 unspecified atom stereocenters. The van der Waals surface area contributed by atoms with Gasteiger partial charge in [0.1, 0.15) is 6.33 Å². The van der Waals surface area contributed by atoms with E-state index in [1.54, 1.807) is 23.1 Å². The van der Waals surface area contributed by atoms with Crippen molar-refractivity contribution < 1.29 is 4.79 Å². The van der Waals surface area contributed by atoms with Crippen LogP contribution in [0.15, 0.2) is 30.6 Å². The van der Waals surface area contributed by atoms with Crippen LogP contribution in [0.3, 0.4) is 0 Å². The SMILES string of the molecule is CCn1cnn(CN(C)CC(=O)Nc2ccccc2Cl)c1=S. The monoisotopic (exact) mass is 339 g/mol. The van der Waals surface area contributed by atoms with Crippen molar-refractivity contribution in [2.75, 3.05) is 18.9 Å². The number of nitrogens with zero attached hydrogens (tertiary/aromatic N) is 4. The van der Waals surface area contributed by atoms with Gasteiger partial charge in [-0.1, -0.05) is 23.7 Å². The molecule has 1 heterocycles. The van der Waals surface area contributed by atoms with Gasteiger partial charge in [-0.05, 0) is 38.3 Å². The minimum absolute atomic E-state index is 0.142. The average molecular weight is 340 g/mol. The molecule has 8 heteroatoms. The van der Waals surface area contributed by atoms with E-state index in [0.29, 0.717) is 22.1 Å². The number of para-hydroxylation sites is 1. The first kappa shape index (κ1) is 16.7. The molecule has 0 aliphatic carbocycles. The number of hydrogen-bond acceptors (Lipinski definition) is 4. The second kappa shape index (κ2) is 7.53. The number of likely N-dealkylation sites (N-methyl/N-ethyl adjacent to an activating group) is 1. The van der Waals surface area contributed by atoms with Gasteiger partial charge in [0.15, 0.2) is 4.77 Å². The fourth-order valence-corrected chi connectivity index (χ4v) is 2.43. The molecule has 22 heavy (non-hydrogen) atoms. The maximum atomic E-state index is 12.0. The lowest BCUT2D eigenvalue weighted by Crippen LogP contribution is -2.32. The summed E-state index contributed by atoms with van der Waals surface area (Å²) in [5, 5.41) is 7.51. The number of rotatable bonds is 6. The van der Waals surface area contributed by atoms with Crippen LogP contribution in [0, 0.1) is 4.77 Å². The first-order valence-electron chi connectivity index (χ1n) is 6.86. The third kappa shape index (κ3) is 4.16. The molecule has 0 saturated carbocycles.